The summed E-state index contributed by atoms with van der Waals surface area (Å²) in [7, 11) is 1.71. The molecular formula is C15H20ClFN2O. The van der Waals surface area contributed by atoms with Crippen LogP contribution in [0.15, 0.2) is 12.1 Å². The van der Waals surface area contributed by atoms with Crippen LogP contribution in [0.1, 0.15) is 30.7 Å². The largest absolute Gasteiger partial charge is 0.385 e. The third-order valence-corrected chi connectivity index (χ3v) is 3.70. The highest BCUT2D eigenvalue weighted by molar-refractivity contribution is 6.16. The Morgan fingerprint density at radius 3 is 2.80 bits per heavy atom. The van der Waals surface area contributed by atoms with Crippen molar-refractivity contribution in [3.63, 3.8) is 0 Å². The molecule has 1 heterocycles. The van der Waals surface area contributed by atoms with Gasteiger partial charge in [0, 0.05) is 26.3 Å². The zero-order valence-corrected chi connectivity index (χ0v) is 12.7. The molecule has 2 aromatic rings. The highest BCUT2D eigenvalue weighted by Gasteiger charge is 2.12. The van der Waals surface area contributed by atoms with Crippen LogP contribution < -0.4 is 0 Å². The number of aromatic nitrogens is 2. The topological polar surface area (TPSA) is 27.1 Å². The number of benzene rings is 1. The third-order valence-electron chi connectivity index (χ3n) is 3.46. The smallest absolute Gasteiger partial charge is 0.128 e. The summed E-state index contributed by atoms with van der Waals surface area (Å²) in [6.07, 6.45) is 3.18. The van der Waals surface area contributed by atoms with E-state index in [1.807, 2.05) is 6.07 Å². The molecule has 0 atom stereocenters. The van der Waals surface area contributed by atoms with Gasteiger partial charge in [0.2, 0.25) is 0 Å². The van der Waals surface area contributed by atoms with E-state index in [1.54, 1.807) is 14.0 Å². The van der Waals surface area contributed by atoms with Gasteiger partial charge in [0.15, 0.2) is 0 Å². The second-order valence-electron chi connectivity index (χ2n) is 4.96. The van der Waals surface area contributed by atoms with Gasteiger partial charge in [0.25, 0.3) is 0 Å². The Balaban J connectivity index is 2.19. The second-order valence-corrected chi connectivity index (χ2v) is 5.22. The van der Waals surface area contributed by atoms with Gasteiger partial charge in [-0.05, 0) is 37.8 Å². The molecule has 0 fully saturated rings. The number of hydrogen-bond acceptors (Lipinski definition) is 2. The number of hydrogen-bond donors (Lipinski definition) is 0. The SMILES string of the molecule is COCCCCCn1c(CCl)nc2cc(F)c(C)cc21. The minimum atomic E-state index is -0.219. The molecule has 0 aliphatic carbocycles. The average Bonchev–Trinajstić information content (AvgIpc) is 2.76. The molecule has 0 aliphatic rings. The zero-order chi connectivity index (χ0) is 14.5. The summed E-state index contributed by atoms with van der Waals surface area (Å²) < 4.78 is 20.7. The summed E-state index contributed by atoms with van der Waals surface area (Å²) in [5.74, 6) is 0.926. The van der Waals surface area contributed by atoms with E-state index in [4.69, 9.17) is 16.3 Å². The summed E-state index contributed by atoms with van der Waals surface area (Å²) in [4.78, 5) is 4.41. The number of nitrogens with zero attached hydrogens (tertiary/aromatic N) is 2. The first-order valence-electron chi connectivity index (χ1n) is 6.87. The quantitative estimate of drug-likeness (QED) is 0.570. The van der Waals surface area contributed by atoms with E-state index in [9.17, 15) is 4.39 Å². The Morgan fingerprint density at radius 2 is 2.10 bits per heavy atom. The molecule has 0 aliphatic heterocycles. The highest BCUT2D eigenvalue weighted by Crippen LogP contribution is 2.22. The lowest BCUT2D eigenvalue weighted by Gasteiger charge is -2.08. The first-order valence-corrected chi connectivity index (χ1v) is 7.41. The van der Waals surface area contributed by atoms with Gasteiger partial charge in [0.05, 0.1) is 16.9 Å². The molecule has 0 saturated heterocycles. The maximum absolute atomic E-state index is 13.6. The van der Waals surface area contributed by atoms with E-state index >= 15 is 0 Å². The number of rotatable bonds is 7. The van der Waals surface area contributed by atoms with E-state index in [1.165, 1.54) is 6.07 Å². The van der Waals surface area contributed by atoms with Crippen molar-refractivity contribution in [3.05, 3.63) is 29.3 Å². The molecule has 0 N–H and O–H groups in total. The minimum Gasteiger partial charge on any atom is -0.385 e. The van der Waals surface area contributed by atoms with Crippen LogP contribution in [0.25, 0.3) is 11.0 Å². The highest BCUT2D eigenvalue weighted by atomic mass is 35.5. The standard InChI is InChI=1S/C15H20ClFN2O/c1-11-8-14-13(9-12(11)17)18-15(10-16)19(14)6-4-3-5-7-20-2/h8-9H,3-7,10H2,1-2H3. The van der Waals surface area contributed by atoms with Crippen molar-refractivity contribution >= 4 is 22.6 Å². The lowest BCUT2D eigenvalue weighted by Crippen LogP contribution is -2.03. The molecule has 1 aromatic heterocycles. The monoisotopic (exact) mass is 298 g/mol. The Kier molecular flexibility index (Phi) is 5.38. The maximum Gasteiger partial charge on any atom is 0.128 e. The molecule has 1 aromatic carbocycles. The molecule has 0 saturated carbocycles. The van der Waals surface area contributed by atoms with Crippen LogP contribution in [0.4, 0.5) is 4.39 Å². The molecule has 0 unspecified atom stereocenters. The first kappa shape index (κ1) is 15.3. The van der Waals surface area contributed by atoms with Crippen molar-refractivity contribution in [2.45, 2.75) is 38.6 Å². The normalized spacial score (nSPS) is 11.4. The molecule has 3 nitrogen and oxygen atoms in total. The van der Waals surface area contributed by atoms with Gasteiger partial charge < -0.3 is 9.30 Å². The molecule has 20 heavy (non-hydrogen) atoms. The van der Waals surface area contributed by atoms with Gasteiger partial charge in [0.1, 0.15) is 11.6 Å². The Morgan fingerprint density at radius 1 is 1.30 bits per heavy atom. The molecule has 0 radical (unpaired) electrons. The van der Waals surface area contributed by atoms with Crippen molar-refractivity contribution in [2.24, 2.45) is 0 Å². The van der Waals surface area contributed by atoms with Crippen molar-refractivity contribution in [1.82, 2.24) is 9.55 Å². The van der Waals surface area contributed by atoms with Crippen LogP contribution >= 0.6 is 11.6 Å². The number of aryl methyl sites for hydroxylation is 2. The lowest BCUT2D eigenvalue weighted by molar-refractivity contribution is 0.191. The molecule has 2 rings (SSSR count). The van der Waals surface area contributed by atoms with E-state index in [2.05, 4.69) is 9.55 Å². The number of methoxy groups -OCH3 is 1. The van der Waals surface area contributed by atoms with Gasteiger partial charge in [-0.3, -0.25) is 0 Å². The average molecular weight is 299 g/mol. The maximum atomic E-state index is 13.6. The molecule has 5 heteroatoms. The fourth-order valence-corrected chi connectivity index (χ4v) is 2.55. The van der Waals surface area contributed by atoms with E-state index in [0.29, 0.717) is 17.0 Å². The van der Waals surface area contributed by atoms with Crippen LogP contribution in [0.5, 0.6) is 0 Å². The van der Waals surface area contributed by atoms with Gasteiger partial charge >= 0.3 is 0 Å². The van der Waals surface area contributed by atoms with Crippen LogP contribution in [-0.2, 0) is 17.2 Å². The number of imidazole rings is 1. The predicted octanol–water partition coefficient (Wildman–Crippen LogP) is 4.04. The van der Waals surface area contributed by atoms with Crippen LogP contribution in [0, 0.1) is 12.7 Å². The molecular weight excluding hydrogens is 279 g/mol. The van der Waals surface area contributed by atoms with Gasteiger partial charge in [-0.15, -0.1) is 11.6 Å². The minimum absolute atomic E-state index is 0.219. The lowest BCUT2D eigenvalue weighted by atomic mass is 10.2. The third kappa shape index (κ3) is 3.30. The van der Waals surface area contributed by atoms with Crippen molar-refractivity contribution in [1.29, 1.82) is 0 Å². The van der Waals surface area contributed by atoms with Gasteiger partial charge in [-0.2, -0.15) is 0 Å². The second kappa shape index (κ2) is 7.04. The van der Waals surface area contributed by atoms with Crippen molar-refractivity contribution in [2.75, 3.05) is 13.7 Å². The summed E-state index contributed by atoms with van der Waals surface area (Å²) in [6.45, 7) is 3.41. The number of unbranched alkanes of at least 4 members (excludes halogenated alkanes) is 2. The van der Waals surface area contributed by atoms with E-state index in [0.717, 1.165) is 43.8 Å². The molecule has 110 valence electrons. The van der Waals surface area contributed by atoms with E-state index in [-0.39, 0.29) is 5.82 Å². The Hall–Kier alpha value is -1.13. The van der Waals surface area contributed by atoms with Gasteiger partial charge in [-0.25, -0.2) is 9.37 Å². The summed E-state index contributed by atoms with van der Waals surface area (Å²) in [5.41, 5.74) is 2.28. The number of alkyl halides is 1. The predicted molar refractivity (Wildman–Crippen MR) is 79.7 cm³/mol. The number of ether oxygens (including phenoxy) is 1. The number of fused-ring (bicyclic) bond motifs is 1. The molecule has 0 amide bonds. The van der Waals surface area contributed by atoms with Crippen LogP contribution in [0.3, 0.4) is 0 Å². The fraction of sp³-hybridized carbons (Fsp3) is 0.533. The summed E-state index contributed by atoms with van der Waals surface area (Å²) in [5, 5.41) is 0. The Bertz CT molecular complexity index is 583. The molecule has 0 bridgehead atoms. The summed E-state index contributed by atoms with van der Waals surface area (Å²) >= 11 is 5.95. The van der Waals surface area contributed by atoms with Crippen LogP contribution in [-0.4, -0.2) is 23.3 Å². The van der Waals surface area contributed by atoms with Crippen LogP contribution in [0.2, 0.25) is 0 Å². The van der Waals surface area contributed by atoms with Crippen molar-refractivity contribution in [3.8, 4) is 0 Å². The number of halogens is 2. The zero-order valence-electron chi connectivity index (χ0n) is 12.0. The Labute approximate surface area is 123 Å². The first-order chi connectivity index (χ1) is 9.67. The fourth-order valence-electron chi connectivity index (χ4n) is 2.34. The van der Waals surface area contributed by atoms with Crippen molar-refractivity contribution < 1.29 is 9.13 Å². The molecule has 0 spiro atoms. The van der Waals surface area contributed by atoms with E-state index < -0.39 is 0 Å². The van der Waals surface area contributed by atoms with Gasteiger partial charge in [-0.1, -0.05) is 0 Å². The summed E-state index contributed by atoms with van der Waals surface area (Å²) in [6, 6.07) is 3.34.